The highest BCUT2D eigenvalue weighted by atomic mass is 32.2. The smallest absolute Gasteiger partial charge is 0.198 e. The number of hydrogen-bond donors (Lipinski definition) is 0. The molecule has 0 aliphatic carbocycles. The SMILES string of the molecule is Cc1ccc(C(c2nnnn2CS(=O)(=O)c2ccc(C)cc2)N2CCCCC2)cc1. The highest BCUT2D eigenvalue weighted by Crippen LogP contribution is 2.30. The largest absolute Gasteiger partial charge is 0.290 e. The molecule has 1 aliphatic rings. The van der Waals surface area contributed by atoms with E-state index in [2.05, 4.69) is 51.6 Å². The normalized spacial score (nSPS) is 16.5. The summed E-state index contributed by atoms with van der Waals surface area (Å²) in [5.74, 6) is 0.283. The molecular weight excluding hydrogens is 398 g/mol. The van der Waals surface area contributed by atoms with Crippen LogP contribution in [0.3, 0.4) is 0 Å². The highest BCUT2D eigenvalue weighted by Gasteiger charge is 2.30. The zero-order valence-corrected chi connectivity index (χ0v) is 18.2. The highest BCUT2D eigenvalue weighted by molar-refractivity contribution is 7.90. The molecule has 2 aromatic carbocycles. The van der Waals surface area contributed by atoms with Crippen LogP contribution >= 0.6 is 0 Å². The fourth-order valence-electron chi connectivity index (χ4n) is 3.93. The third-order valence-electron chi connectivity index (χ3n) is 5.63. The topological polar surface area (TPSA) is 81.0 Å². The summed E-state index contributed by atoms with van der Waals surface area (Å²) in [6, 6.07) is 15.0. The van der Waals surface area contributed by atoms with Gasteiger partial charge < -0.3 is 0 Å². The molecule has 158 valence electrons. The summed E-state index contributed by atoms with van der Waals surface area (Å²) >= 11 is 0. The Labute approximate surface area is 177 Å². The number of aromatic nitrogens is 4. The van der Waals surface area contributed by atoms with Gasteiger partial charge in [0.15, 0.2) is 21.5 Å². The summed E-state index contributed by atoms with van der Waals surface area (Å²) in [7, 11) is -3.57. The molecule has 0 N–H and O–H groups in total. The molecule has 7 nitrogen and oxygen atoms in total. The van der Waals surface area contributed by atoms with Crippen LogP contribution in [0.2, 0.25) is 0 Å². The van der Waals surface area contributed by atoms with Gasteiger partial charge in [0.05, 0.1) is 10.9 Å². The van der Waals surface area contributed by atoms with Crippen LogP contribution in [-0.2, 0) is 15.7 Å². The van der Waals surface area contributed by atoms with Crippen molar-refractivity contribution < 1.29 is 8.42 Å². The lowest BCUT2D eigenvalue weighted by molar-refractivity contribution is 0.178. The molecule has 0 amide bonds. The van der Waals surface area contributed by atoms with Crippen LogP contribution in [-0.4, -0.2) is 46.6 Å². The molecule has 4 rings (SSSR count). The number of hydrogen-bond acceptors (Lipinski definition) is 6. The van der Waals surface area contributed by atoms with Crippen molar-refractivity contribution in [2.24, 2.45) is 0 Å². The van der Waals surface area contributed by atoms with Crippen LogP contribution in [0.25, 0.3) is 0 Å². The minimum atomic E-state index is -3.57. The Hall–Kier alpha value is -2.58. The number of tetrazole rings is 1. The van der Waals surface area contributed by atoms with Gasteiger partial charge in [-0.15, -0.1) is 5.10 Å². The molecule has 2 heterocycles. The zero-order chi connectivity index (χ0) is 21.1. The predicted molar refractivity (Wildman–Crippen MR) is 115 cm³/mol. The number of aryl methyl sites for hydroxylation is 2. The van der Waals surface area contributed by atoms with Gasteiger partial charge in [-0.25, -0.2) is 13.1 Å². The van der Waals surface area contributed by atoms with Crippen LogP contribution < -0.4 is 0 Å². The number of benzene rings is 2. The fourth-order valence-corrected chi connectivity index (χ4v) is 5.13. The number of likely N-dealkylation sites (tertiary alicyclic amines) is 1. The van der Waals surface area contributed by atoms with Gasteiger partial charge in [-0.1, -0.05) is 53.9 Å². The molecule has 1 fully saturated rings. The van der Waals surface area contributed by atoms with Crippen molar-refractivity contribution in [1.29, 1.82) is 0 Å². The second-order valence-electron chi connectivity index (χ2n) is 8.00. The zero-order valence-electron chi connectivity index (χ0n) is 17.4. The Morgan fingerprint density at radius 2 is 1.50 bits per heavy atom. The second-order valence-corrected chi connectivity index (χ2v) is 9.96. The van der Waals surface area contributed by atoms with Crippen LogP contribution in [0.1, 0.15) is 47.8 Å². The molecule has 3 aromatic rings. The van der Waals surface area contributed by atoms with E-state index < -0.39 is 9.84 Å². The van der Waals surface area contributed by atoms with E-state index in [1.54, 1.807) is 24.3 Å². The standard InChI is InChI=1S/C22H27N5O2S/c1-17-6-10-19(11-7-17)21(26-14-4-3-5-15-26)22-23-24-25-27(22)16-30(28,29)20-12-8-18(2)9-13-20/h6-13,21H,3-5,14-16H2,1-2H3. The summed E-state index contributed by atoms with van der Waals surface area (Å²) in [5.41, 5.74) is 3.27. The lowest BCUT2D eigenvalue weighted by Crippen LogP contribution is -2.36. The van der Waals surface area contributed by atoms with Crippen LogP contribution in [0.4, 0.5) is 0 Å². The minimum Gasteiger partial charge on any atom is -0.290 e. The van der Waals surface area contributed by atoms with Crippen molar-refractivity contribution >= 4 is 9.84 Å². The Balaban J connectivity index is 1.70. The molecular formula is C22H27N5O2S. The summed E-state index contributed by atoms with van der Waals surface area (Å²) in [6.45, 7) is 5.87. The Morgan fingerprint density at radius 1 is 0.900 bits per heavy atom. The quantitative estimate of drug-likeness (QED) is 0.603. The second kappa shape index (κ2) is 8.65. The average molecular weight is 426 g/mol. The molecule has 30 heavy (non-hydrogen) atoms. The third kappa shape index (κ3) is 4.44. The Morgan fingerprint density at radius 3 is 2.13 bits per heavy atom. The first kappa shape index (κ1) is 20.7. The molecule has 0 saturated carbocycles. The van der Waals surface area contributed by atoms with E-state index in [-0.39, 0.29) is 16.8 Å². The average Bonchev–Trinajstić information content (AvgIpc) is 3.18. The summed E-state index contributed by atoms with van der Waals surface area (Å²) in [6.07, 6.45) is 3.45. The van der Waals surface area contributed by atoms with Crippen molar-refractivity contribution in [1.82, 2.24) is 25.1 Å². The molecule has 8 heteroatoms. The summed E-state index contributed by atoms with van der Waals surface area (Å²) in [5, 5.41) is 12.2. The van der Waals surface area contributed by atoms with Gasteiger partial charge in [-0.05, 0) is 67.9 Å². The van der Waals surface area contributed by atoms with E-state index in [0.717, 1.165) is 37.1 Å². The van der Waals surface area contributed by atoms with E-state index in [0.29, 0.717) is 5.82 Å². The van der Waals surface area contributed by atoms with E-state index in [1.165, 1.54) is 16.7 Å². The fraction of sp³-hybridized carbons (Fsp3) is 0.409. The first-order valence-corrected chi connectivity index (χ1v) is 12.0. The van der Waals surface area contributed by atoms with Crippen LogP contribution in [0.5, 0.6) is 0 Å². The van der Waals surface area contributed by atoms with Crippen LogP contribution in [0, 0.1) is 13.8 Å². The van der Waals surface area contributed by atoms with Crippen molar-refractivity contribution in [3.05, 3.63) is 71.0 Å². The maximum atomic E-state index is 13.0. The molecule has 1 aliphatic heterocycles. The van der Waals surface area contributed by atoms with Gasteiger partial charge in [0, 0.05) is 0 Å². The first-order valence-electron chi connectivity index (χ1n) is 10.3. The maximum absolute atomic E-state index is 13.0. The van der Waals surface area contributed by atoms with Gasteiger partial charge in [0.2, 0.25) is 0 Å². The maximum Gasteiger partial charge on any atom is 0.198 e. The predicted octanol–water partition coefficient (Wildman–Crippen LogP) is 3.30. The van der Waals surface area contributed by atoms with E-state index >= 15 is 0 Å². The van der Waals surface area contributed by atoms with Crippen molar-refractivity contribution in [2.45, 2.75) is 49.9 Å². The van der Waals surface area contributed by atoms with Crippen LogP contribution in [0.15, 0.2) is 53.4 Å². The lowest BCUT2D eigenvalue weighted by Gasteiger charge is -2.34. The van der Waals surface area contributed by atoms with E-state index in [9.17, 15) is 8.42 Å². The molecule has 0 spiro atoms. The summed E-state index contributed by atoms with van der Waals surface area (Å²) in [4.78, 5) is 2.63. The molecule has 0 radical (unpaired) electrons. The van der Waals surface area contributed by atoms with Gasteiger partial charge in [0.1, 0.15) is 0 Å². The van der Waals surface area contributed by atoms with E-state index in [4.69, 9.17) is 0 Å². The Kier molecular flexibility index (Phi) is 5.97. The molecule has 0 bridgehead atoms. The molecule has 1 unspecified atom stereocenters. The van der Waals surface area contributed by atoms with Gasteiger partial charge in [-0.2, -0.15) is 0 Å². The van der Waals surface area contributed by atoms with Gasteiger partial charge in [0.25, 0.3) is 0 Å². The Bertz CT molecular complexity index is 1090. The molecule has 1 saturated heterocycles. The number of piperidine rings is 1. The summed E-state index contributed by atoms with van der Waals surface area (Å²) < 4.78 is 27.5. The number of sulfone groups is 1. The van der Waals surface area contributed by atoms with Gasteiger partial charge in [-0.3, -0.25) is 4.90 Å². The minimum absolute atomic E-state index is 0.172. The van der Waals surface area contributed by atoms with Crippen molar-refractivity contribution in [2.75, 3.05) is 13.1 Å². The van der Waals surface area contributed by atoms with Crippen molar-refractivity contribution in [3.8, 4) is 0 Å². The molecule has 1 atom stereocenters. The van der Waals surface area contributed by atoms with E-state index in [1.807, 2.05) is 6.92 Å². The van der Waals surface area contributed by atoms with Gasteiger partial charge >= 0.3 is 0 Å². The number of rotatable bonds is 6. The third-order valence-corrected chi connectivity index (χ3v) is 7.20. The molecule has 1 aromatic heterocycles. The number of nitrogens with zero attached hydrogens (tertiary/aromatic N) is 5. The lowest BCUT2D eigenvalue weighted by atomic mass is 10.00. The van der Waals surface area contributed by atoms with Crippen molar-refractivity contribution in [3.63, 3.8) is 0 Å². The first-order chi connectivity index (χ1) is 14.4. The monoisotopic (exact) mass is 425 g/mol.